The molecule has 2 heterocycles. The molecule has 1 atom stereocenters. The predicted octanol–water partition coefficient (Wildman–Crippen LogP) is 0.582. The molecule has 2 rings (SSSR count). The molecule has 1 unspecified atom stereocenters. The zero-order valence-electron chi connectivity index (χ0n) is 12.2. The Morgan fingerprint density at radius 2 is 2.00 bits per heavy atom. The molecule has 0 bridgehead atoms. The summed E-state index contributed by atoms with van der Waals surface area (Å²) in [6.45, 7) is 3.72. The number of hydrogen-bond donors (Lipinski definition) is 0. The van der Waals surface area contributed by atoms with Crippen molar-refractivity contribution in [3.8, 4) is 6.07 Å². The Bertz CT molecular complexity index is 665. The van der Waals surface area contributed by atoms with Crippen LogP contribution < -0.4 is 16.1 Å². The Morgan fingerprint density at radius 3 is 2.60 bits per heavy atom. The van der Waals surface area contributed by atoms with E-state index in [1.165, 1.54) is 11.6 Å². The molecule has 1 aliphatic rings. The lowest BCUT2D eigenvalue weighted by molar-refractivity contribution is 0.399. The summed E-state index contributed by atoms with van der Waals surface area (Å²) in [4.78, 5) is 26.2. The second kappa shape index (κ2) is 5.53. The first-order valence-electron chi connectivity index (χ1n) is 6.96. The molecular weight excluding hydrogens is 256 g/mol. The molecular formula is C14H20N4O2. The zero-order valence-corrected chi connectivity index (χ0v) is 12.2. The molecule has 1 saturated heterocycles. The van der Waals surface area contributed by atoms with E-state index in [4.69, 9.17) is 0 Å². The lowest BCUT2D eigenvalue weighted by Crippen LogP contribution is -2.45. The van der Waals surface area contributed by atoms with Gasteiger partial charge in [-0.2, -0.15) is 5.26 Å². The van der Waals surface area contributed by atoms with E-state index < -0.39 is 5.56 Å². The van der Waals surface area contributed by atoms with Crippen molar-refractivity contribution in [2.24, 2.45) is 20.0 Å². The molecule has 6 nitrogen and oxygen atoms in total. The maximum Gasteiger partial charge on any atom is 0.332 e. The molecule has 0 amide bonds. The highest BCUT2D eigenvalue weighted by molar-refractivity contribution is 5.53. The first-order valence-corrected chi connectivity index (χ1v) is 6.96. The van der Waals surface area contributed by atoms with Crippen molar-refractivity contribution in [3.63, 3.8) is 0 Å². The lowest BCUT2D eigenvalue weighted by Gasteiger charge is -2.35. The Hall–Kier alpha value is -2.03. The summed E-state index contributed by atoms with van der Waals surface area (Å²) in [5.41, 5.74) is -0.835. The first kappa shape index (κ1) is 14.4. The minimum absolute atomic E-state index is 0.0614. The molecule has 1 aromatic heterocycles. The summed E-state index contributed by atoms with van der Waals surface area (Å²) in [5.74, 6) is 1.02. The van der Waals surface area contributed by atoms with E-state index in [9.17, 15) is 14.9 Å². The van der Waals surface area contributed by atoms with Crippen LogP contribution in [0.15, 0.2) is 9.59 Å². The number of hydrogen-bond acceptors (Lipinski definition) is 4. The van der Waals surface area contributed by atoms with E-state index in [-0.39, 0.29) is 11.3 Å². The van der Waals surface area contributed by atoms with Gasteiger partial charge >= 0.3 is 5.69 Å². The molecule has 6 heteroatoms. The van der Waals surface area contributed by atoms with Crippen LogP contribution in [0.5, 0.6) is 0 Å². The molecule has 1 fully saturated rings. The van der Waals surface area contributed by atoms with Crippen LogP contribution in [-0.4, -0.2) is 22.2 Å². The topological polar surface area (TPSA) is 71.0 Å². The van der Waals surface area contributed by atoms with Crippen molar-refractivity contribution < 1.29 is 0 Å². The highest BCUT2D eigenvalue weighted by atomic mass is 16.2. The van der Waals surface area contributed by atoms with Gasteiger partial charge in [-0.3, -0.25) is 13.9 Å². The minimum atomic E-state index is -0.510. The summed E-state index contributed by atoms with van der Waals surface area (Å²) < 4.78 is 2.40. The molecule has 1 aromatic rings. The largest absolute Gasteiger partial charge is 0.356 e. The Kier molecular flexibility index (Phi) is 3.98. The molecule has 0 aromatic carbocycles. The van der Waals surface area contributed by atoms with Gasteiger partial charge < -0.3 is 4.90 Å². The van der Waals surface area contributed by atoms with Gasteiger partial charge in [0.2, 0.25) is 0 Å². The average molecular weight is 276 g/mol. The smallest absolute Gasteiger partial charge is 0.332 e. The third-order valence-corrected chi connectivity index (χ3v) is 4.14. The fourth-order valence-electron chi connectivity index (χ4n) is 2.89. The third kappa shape index (κ3) is 2.24. The van der Waals surface area contributed by atoms with Crippen LogP contribution in [0, 0.1) is 17.2 Å². The van der Waals surface area contributed by atoms with E-state index >= 15 is 0 Å². The van der Waals surface area contributed by atoms with Gasteiger partial charge in [0.15, 0.2) is 5.56 Å². The van der Waals surface area contributed by atoms with Gasteiger partial charge in [0.1, 0.15) is 11.9 Å². The second-order valence-electron chi connectivity index (χ2n) is 5.38. The Labute approximate surface area is 117 Å². The van der Waals surface area contributed by atoms with Crippen LogP contribution in [0.25, 0.3) is 0 Å². The van der Waals surface area contributed by atoms with Gasteiger partial charge in [-0.1, -0.05) is 13.3 Å². The number of nitrogens with zero attached hydrogens (tertiary/aromatic N) is 4. The molecule has 108 valence electrons. The number of piperidine rings is 1. The van der Waals surface area contributed by atoms with Crippen LogP contribution in [0.2, 0.25) is 0 Å². The van der Waals surface area contributed by atoms with Crippen molar-refractivity contribution in [1.29, 1.82) is 5.26 Å². The van der Waals surface area contributed by atoms with E-state index in [1.807, 2.05) is 11.0 Å². The second-order valence-corrected chi connectivity index (χ2v) is 5.38. The number of anilines is 1. The standard InChI is InChI=1S/C14H20N4O2/c1-4-10-6-5-7-18(9-10)12-11(8-15)13(19)17(3)14(20)16(12)2/h10H,4-7,9H2,1-3H3. The van der Waals surface area contributed by atoms with Gasteiger partial charge in [0.25, 0.3) is 5.56 Å². The minimum Gasteiger partial charge on any atom is -0.356 e. The van der Waals surface area contributed by atoms with E-state index in [2.05, 4.69) is 6.92 Å². The number of nitriles is 1. The van der Waals surface area contributed by atoms with Crippen molar-refractivity contribution in [2.75, 3.05) is 18.0 Å². The molecule has 0 aliphatic carbocycles. The van der Waals surface area contributed by atoms with Crippen LogP contribution >= 0.6 is 0 Å². The number of rotatable bonds is 2. The molecule has 0 spiro atoms. The van der Waals surface area contributed by atoms with E-state index in [0.717, 1.165) is 36.9 Å². The van der Waals surface area contributed by atoms with Crippen molar-refractivity contribution in [2.45, 2.75) is 26.2 Å². The third-order valence-electron chi connectivity index (χ3n) is 4.14. The maximum absolute atomic E-state index is 12.1. The number of aromatic nitrogens is 2. The molecule has 0 saturated carbocycles. The van der Waals surface area contributed by atoms with Gasteiger partial charge in [-0.05, 0) is 18.8 Å². The van der Waals surface area contributed by atoms with E-state index in [0.29, 0.717) is 11.7 Å². The maximum atomic E-state index is 12.1. The van der Waals surface area contributed by atoms with Gasteiger partial charge in [-0.25, -0.2) is 4.79 Å². The Balaban J connectivity index is 2.60. The summed E-state index contributed by atoms with van der Waals surface area (Å²) in [5, 5.41) is 9.29. The van der Waals surface area contributed by atoms with Gasteiger partial charge in [0.05, 0.1) is 0 Å². The first-order chi connectivity index (χ1) is 9.51. The highest BCUT2D eigenvalue weighted by Crippen LogP contribution is 2.24. The van der Waals surface area contributed by atoms with E-state index in [1.54, 1.807) is 7.05 Å². The van der Waals surface area contributed by atoms with Crippen molar-refractivity contribution in [1.82, 2.24) is 9.13 Å². The summed E-state index contributed by atoms with van der Waals surface area (Å²) >= 11 is 0. The quantitative estimate of drug-likeness (QED) is 0.792. The summed E-state index contributed by atoms with van der Waals surface area (Å²) in [6.07, 6.45) is 3.25. The normalized spacial score (nSPS) is 18.9. The fourth-order valence-corrected chi connectivity index (χ4v) is 2.89. The molecule has 0 N–H and O–H groups in total. The van der Waals surface area contributed by atoms with Crippen molar-refractivity contribution >= 4 is 5.82 Å². The lowest BCUT2D eigenvalue weighted by atomic mass is 9.95. The van der Waals surface area contributed by atoms with Crippen molar-refractivity contribution in [3.05, 3.63) is 26.4 Å². The molecule has 1 aliphatic heterocycles. The van der Waals surface area contributed by atoms with Gasteiger partial charge in [0, 0.05) is 27.2 Å². The highest BCUT2D eigenvalue weighted by Gasteiger charge is 2.25. The molecule has 0 radical (unpaired) electrons. The molecule has 20 heavy (non-hydrogen) atoms. The van der Waals surface area contributed by atoms with Crippen LogP contribution in [0.3, 0.4) is 0 Å². The van der Waals surface area contributed by atoms with Crippen LogP contribution in [0.4, 0.5) is 5.82 Å². The summed E-state index contributed by atoms with van der Waals surface area (Å²) in [7, 11) is 3.02. The Morgan fingerprint density at radius 1 is 1.30 bits per heavy atom. The van der Waals surface area contributed by atoms with Crippen LogP contribution in [0.1, 0.15) is 31.7 Å². The monoisotopic (exact) mass is 276 g/mol. The fraction of sp³-hybridized carbons (Fsp3) is 0.643. The summed E-state index contributed by atoms with van der Waals surface area (Å²) in [6, 6.07) is 1.97. The van der Waals surface area contributed by atoms with Gasteiger partial charge in [-0.15, -0.1) is 0 Å². The predicted molar refractivity (Wildman–Crippen MR) is 76.9 cm³/mol. The average Bonchev–Trinajstić information content (AvgIpc) is 2.48. The SMILES string of the molecule is CCC1CCCN(c2c(C#N)c(=O)n(C)c(=O)n2C)C1. The zero-order chi connectivity index (χ0) is 14.9. The van der Waals surface area contributed by atoms with Crippen LogP contribution in [-0.2, 0) is 14.1 Å².